The number of nitrogens with one attached hydrogen (secondary N) is 2. The van der Waals surface area contributed by atoms with Gasteiger partial charge in [-0.15, -0.1) is 0 Å². The molecule has 0 bridgehead atoms. The standard InChI is InChI=1S/C18H18F4N4O2/c19-11-1-4-15(14(7-11)18(20,21)22)26-13-3-2-12(24-9-13)8-25-16(27)17(23)5-6-28-10-17/h1-4,7,9,26H,5-6,8,10,23H2,(H,25,27)/t17-/m0/s1. The summed E-state index contributed by atoms with van der Waals surface area (Å²) in [7, 11) is 0. The van der Waals surface area contributed by atoms with Crippen LogP contribution < -0.4 is 16.4 Å². The quantitative estimate of drug-likeness (QED) is 0.674. The molecule has 0 saturated carbocycles. The fraction of sp³-hybridized carbons (Fsp3) is 0.333. The number of nitrogens with zero attached hydrogens (tertiary/aromatic N) is 1. The van der Waals surface area contributed by atoms with Crippen molar-refractivity contribution in [3.63, 3.8) is 0 Å². The smallest absolute Gasteiger partial charge is 0.379 e. The average Bonchev–Trinajstić information content (AvgIpc) is 3.09. The van der Waals surface area contributed by atoms with E-state index >= 15 is 0 Å². The Labute approximate surface area is 158 Å². The molecule has 1 amide bonds. The first kappa shape index (κ1) is 20.0. The lowest BCUT2D eigenvalue weighted by Gasteiger charge is -2.20. The summed E-state index contributed by atoms with van der Waals surface area (Å²) < 4.78 is 57.4. The molecule has 6 nitrogen and oxygen atoms in total. The van der Waals surface area contributed by atoms with E-state index in [9.17, 15) is 22.4 Å². The van der Waals surface area contributed by atoms with E-state index in [-0.39, 0.29) is 30.4 Å². The Morgan fingerprint density at radius 2 is 2.07 bits per heavy atom. The number of carbonyl (C=O) groups excluding carboxylic acids is 1. The third kappa shape index (κ3) is 4.57. The molecule has 10 heteroatoms. The van der Waals surface area contributed by atoms with Gasteiger partial charge in [0.05, 0.1) is 42.0 Å². The second-order valence-corrected chi connectivity index (χ2v) is 6.49. The van der Waals surface area contributed by atoms with Crippen molar-refractivity contribution >= 4 is 17.3 Å². The number of hydrogen-bond donors (Lipinski definition) is 3. The van der Waals surface area contributed by atoms with Gasteiger partial charge in [-0.3, -0.25) is 9.78 Å². The van der Waals surface area contributed by atoms with E-state index in [1.807, 2.05) is 0 Å². The van der Waals surface area contributed by atoms with Crippen molar-refractivity contribution in [3.8, 4) is 0 Å². The van der Waals surface area contributed by atoms with Gasteiger partial charge in [0, 0.05) is 6.61 Å². The summed E-state index contributed by atoms with van der Waals surface area (Å²) >= 11 is 0. The van der Waals surface area contributed by atoms with Crippen molar-refractivity contribution < 1.29 is 27.1 Å². The van der Waals surface area contributed by atoms with Crippen LogP contribution in [0.15, 0.2) is 36.5 Å². The third-order valence-corrected chi connectivity index (χ3v) is 4.33. The molecule has 0 spiro atoms. The van der Waals surface area contributed by atoms with Gasteiger partial charge < -0.3 is 21.1 Å². The van der Waals surface area contributed by atoms with Gasteiger partial charge in [-0.2, -0.15) is 13.2 Å². The maximum absolute atomic E-state index is 13.2. The number of amides is 1. The highest BCUT2D eigenvalue weighted by molar-refractivity contribution is 5.86. The first-order valence-corrected chi connectivity index (χ1v) is 8.41. The normalized spacial score (nSPS) is 19.5. The lowest BCUT2D eigenvalue weighted by atomic mass is 9.99. The monoisotopic (exact) mass is 398 g/mol. The summed E-state index contributed by atoms with van der Waals surface area (Å²) in [5.74, 6) is -1.33. The van der Waals surface area contributed by atoms with Crippen LogP contribution in [0.1, 0.15) is 17.7 Å². The summed E-state index contributed by atoms with van der Waals surface area (Å²) in [6.07, 6.45) is -2.96. The summed E-state index contributed by atoms with van der Waals surface area (Å²) in [6, 6.07) is 5.43. The summed E-state index contributed by atoms with van der Waals surface area (Å²) in [5, 5.41) is 5.24. The fourth-order valence-electron chi connectivity index (χ4n) is 2.73. The Morgan fingerprint density at radius 1 is 1.29 bits per heavy atom. The van der Waals surface area contributed by atoms with E-state index in [1.54, 1.807) is 6.07 Å². The molecule has 1 aromatic carbocycles. The molecule has 0 unspecified atom stereocenters. The summed E-state index contributed by atoms with van der Waals surface area (Å²) in [4.78, 5) is 16.2. The van der Waals surface area contributed by atoms with Crippen LogP contribution in [-0.4, -0.2) is 29.6 Å². The zero-order valence-corrected chi connectivity index (χ0v) is 14.6. The first-order valence-electron chi connectivity index (χ1n) is 8.41. The van der Waals surface area contributed by atoms with E-state index in [0.717, 1.165) is 12.1 Å². The SMILES string of the molecule is N[C@@]1(C(=O)NCc2ccc(Nc3ccc(F)cc3C(F)(F)F)cn2)CCOC1. The van der Waals surface area contributed by atoms with Crippen molar-refractivity contribution in [2.24, 2.45) is 5.73 Å². The number of rotatable bonds is 5. The van der Waals surface area contributed by atoms with Crippen LogP contribution in [0, 0.1) is 5.82 Å². The Kier molecular flexibility index (Phi) is 5.52. The van der Waals surface area contributed by atoms with E-state index in [1.165, 1.54) is 12.3 Å². The number of benzene rings is 1. The predicted octanol–water partition coefficient (Wildman–Crippen LogP) is 2.72. The van der Waals surface area contributed by atoms with E-state index in [2.05, 4.69) is 15.6 Å². The molecule has 28 heavy (non-hydrogen) atoms. The number of hydrogen-bond acceptors (Lipinski definition) is 5. The lowest BCUT2D eigenvalue weighted by Crippen LogP contribution is -2.54. The van der Waals surface area contributed by atoms with E-state index < -0.39 is 23.1 Å². The molecule has 3 rings (SSSR count). The fourth-order valence-corrected chi connectivity index (χ4v) is 2.73. The predicted molar refractivity (Wildman–Crippen MR) is 93.1 cm³/mol. The molecule has 150 valence electrons. The van der Waals surface area contributed by atoms with E-state index in [4.69, 9.17) is 10.5 Å². The van der Waals surface area contributed by atoms with Gasteiger partial charge >= 0.3 is 6.18 Å². The number of pyridine rings is 1. The topological polar surface area (TPSA) is 89.3 Å². The molecule has 1 aliphatic rings. The number of carbonyl (C=O) groups is 1. The van der Waals surface area contributed by atoms with Crippen molar-refractivity contribution in [1.29, 1.82) is 0 Å². The van der Waals surface area contributed by atoms with E-state index in [0.29, 0.717) is 24.8 Å². The number of ether oxygens (including phenoxy) is 1. The molecule has 1 fully saturated rings. The van der Waals surface area contributed by atoms with Gasteiger partial charge in [-0.05, 0) is 36.8 Å². The minimum absolute atomic E-state index is 0.114. The summed E-state index contributed by atoms with van der Waals surface area (Å²) in [6.45, 7) is 0.683. The Bertz CT molecular complexity index is 850. The first-order chi connectivity index (χ1) is 13.2. The van der Waals surface area contributed by atoms with Gasteiger partial charge in [0.1, 0.15) is 11.4 Å². The molecular formula is C18H18F4N4O2. The highest BCUT2D eigenvalue weighted by Gasteiger charge is 2.38. The maximum Gasteiger partial charge on any atom is 0.418 e. The zero-order chi connectivity index (χ0) is 20.4. The Hall–Kier alpha value is -2.72. The van der Waals surface area contributed by atoms with Crippen molar-refractivity contribution in [2.75, 3.05) is 18.5 Å². The van der Waals surface area contributed by atoms with Gasteiger partial charge in [-0.25, -0.2) is 4.39 Å². The Morgan fingerprint density at radius 3 is 2.68 bits per heavy atom. The highest BCUT2D eigenvalue weighted by atomic mass is 19.4. The van der Waals surface area contributed by atoms with Crippen molar-refractivity contribution in [3.05, 3.63) is 53.6 Å². The van der Waals surface area contributed by atoms with Gasteiger partial charge in [0.25, 0.3) is 0 Å². The van der Waals surface area contributed by atoms with Crippen molar-refractivity contribution in [1.82, 2.24) is 10.3 Å². The second kappa shape index (κ2) is 7.72. The minimum Gasteiger partial charge on any atom is -0.379 e. The minimum atomic E-state index is -4.70. The molecule has 0 aliphatic carbocycles. The van der Waals surface area contributed by atoms with Crippen LogP contribution in [0.3, 0.4) is 0 Å². The molecular weight excluding hydrogens is 380 g/mol. The molecule has 2 aromatic rings. The van der Waals surface area contributed by atoms with Crippen LogP contribution >= 0.6 is 0 Å². The maximum atomic E-state index is 13.2. The number of aromatic nitrogens is 1. The zero-order valence-electron chi connectivity index (χ0n) is 14.6. The van der Waals surface area contributed by atoms with Crippen LogP contribution in [0.25, 0.3) is 0 Å². The van der Waals surface area contributed by atoms with Crippen molar-refractivity contribution in [2.45, 2.75) is 24.7 Å². The third-order valence-electron chi connectivity index (χ3n) is 4.33. The molecule has 4 N–H and O–H groups in total. The van der Waals surface area contributed by atoms with Crippen LogP contribution in [0.2, 0.25) is 0 Å². The number of anilines is 2. The molecule has 2 heterocycles. The van der Waals surface area contributed by atoms with Crippen LogP contribution in [-0.2, 0) is 22.3 Å². The number of nitrogens with two attached hydrogens (primary N) is 1. The van der Waals surface area contributed by atoms with Crippen LogP contribution in [0.5, 0.6) is 0 Å². The van der Waals surface area contributed by atoms with Crippen LogP contribution in [0.4, 0.5) is 28.9 Å². The molecule has 1 aromatic heterocycles. The largest absolute Gasteiger partial charge is 0.418 e. The van der Waals surface area contributed by atoms with Gasteiger partial charge in [0.15, 0.2) is 0 Å². The molecule has 1 saturated heterocycles. The summed E-state index contributed by atoms with van der Waals surface area (Å²) in [5.41, 5.74) is 4.27. The molecule has 1 aliphatic heterocycles. The highest BCUT2D eigenvalue weighted by Crippen LogP contribution is 2.36. The van der Waals surface area contributed by atoms with Gasteiger partial charge in [0.2, 0.25) is 5.91 Å². The average molecular weight is 398 g/mol. The Balaban J connectivity index is 1.65. The lowest BCUT2D eigenvalue weighted by molar-refractivity contribution is -0.137. The molecule has 1 atom stereocenters. The second-order valence-electron chi connectivity index (χ2n) is 6.49. The van der Waals surface area contributed by atoms with Gasteiger partial charge in [-0.1, -0.05) is 0 Å². The number of alkyl halides is 3. The number of halogens is 4. The molecule has 0 radical (unpaired) electrons.